The molecule has 0 bridgehead atoms. The van der Waals surface area contributed by atoms with Gasteiger partial charge in [-0.2, -0.15) is 0 Å². The van der Waals surface area contributed by atoms with Gasteiger partial charge in [0.2, 0.25) is 0 Å². The lowest BCUT2D eigenvalue weighted by Gasteiger charge is -1.89. The maximum atomic E-state index is 2.16. The van der Waals surface area contributed by atoms with Gasteiger partial charge in [0, 0.05) is 0 Å². The van der Waals surface area contributed by atoms with Gasteiger partial charge >= 0.3 is 0 Å². The first-order valence-corrected chi connectivity index (χ1v) is 2.97. The lowest BCUT2D eigenvalue weighted by Crippen LogP contribution is -1.73. The summed E-state index contributed by atoms with van der Waals surface area (Å²) in [6, 6.07) is 10.5. The van der Waals surface area contributed by atoms with Crippen molar-refractivity contribution in [2.24, 2.45) is 0 Å². The summed E-state index contributed by atoms with van der Waals surface area (Å²) >= 11 is 0. The van der Waals surface area contributed by atoms with Crippen LogP contribution in [0.2, 0.25) is 0 Å². The Hall–Kier alpha value is -0.0900. The summed E-state index contributed by atoms with van der Waals surface area (Å²) in [5.74, 6) is 0. The molecule has 1 aromatic rings. The van der Waals surface area contributed by atoms with Crippen LogP contribution in [0.4, 0.5) is 0 Å². The number of aryl methyl sites for hydroxylation is 1. The van der Waals surface area contributed by atoms with Gasteiger partial charge in [0.25, 0.3) is 0 Å². The standard InChI is InChI=1S/C8H10.HI.H3N/c1-2-8-6-4-3-5-7-8;;/h3-7H,2H2,1H3;1H;1H3. The highest BCUT2D eigenvalue weighted by Crippen LogP contribution is 1.96. The first kappa shape index (κ1) is 12.6. The van der Waals surface area contributed by atoms with E-state index in [0.717, 1.165) is 6.42 Å². The summed E-state index contributed by atoms with van der Waals surface area (Å²) in [6.07, 6.45) is 1.14. The molecule has 0 spiro atoms. The number of benzene rings is 1. The van der Waals surface area contributed by atoms with Crippen molar-refractivity contribution in [1.82, 2.24) is 6.15 Å². The summed E-state index contributed by atoms with van der Waals surface area (Å²) in [5.41, 5.74) is 1.41. The Kier molecular flexibility index (Phi) is 8.83. The van der Waals surface area contributed by atoms with Gasteiger partial charge in [-0.25, -0.2) is 0 Å². The highest BCUT2D eigenvalue weighted by molar-refractivity contribution is 14.0. The summed E-state index contributed by atoms with van der Waals surface area (Å²) in [6.45, 7) is 2.16. The second kappa shape index (κ2) is 7.02. The van der Waals surface area contributed by atoms with E-state index in [0.29, 0.717) is 0 Å². The third-order valence-corrected chi connectivity index (χ3v) is 1.25. The quantitative estimate of drug-likeness (QED) is 0.765. The molecule has 0 fully saturated rings. The Morgan fingerprint density at radius 3 is 1.90 bits per heavy atom. The molecule has 1 rings (SSSR count). The Bertz CT molecular complexity index is 151. The van der Waals surface area contributed by atoms with E-state index in [2.05, 4.69) is 31.2 Å². The van der Waals surface area contributed by atoms with Crippen molar-refractivity contribution in [1.29, 1.82) is 0 Å². The molecule has 0 aliphatic carbocycles. The van der Waals surface area contributed by atoms with Crippen LogP contribution in [0.15, 0.2) is 30.3 Å². The van der Waals surface area contributed by atoms with Crippen molar-refractivity contribution < 1.29 is 0 Å². The van der Waals surface area contributed by atoms with Gasteiger partial charge < -0.3 is 6.15 Å². The normalized spacial score (nSPS) is 7.30. The van der Waals surface area contributed by atoms with Crippen molar-refractivity contribution in [3.8, 4) is 0 Å². The predicted molar refractivity (Wildman–Crippen MR) is 56.3 cm³/mol. The Morgan fingerprint density at radius 1 is 1.10 bits per heavy atom. The highest BCUT2D eigenvalue weighted by atomic mass is 127. The molecule has 0 heterocycles. The van der Waals surface area contributed by atoms with E-state index in [1.165, 1.54) is 5.56 Å². The molecular formula is C8H14IN. The molecule has 3 N–H and O–H groups in total. The van der Waals surface area contributed by atoms with Crippen molar-refractivity contribution in [2.75, 3.05) is 0 Å². The zero-order chi connectivity index (χ0) is 5.82. The van der Waals surface area contributed by atoms with Gasteiger partial charge in [0.15, 0.2) is 0 Å². The molecule has 1 nitrogen and oxygen atoms in total. The van der Waals surface area contributed by atoms with E-state index >= 15 is 0 Å². The van der Waals surface area contributed by atoms with Crippen LogP contribution in [0.5, 0.6) is 0 Å². The van der Waals surface area contributed by atoms with E-state index in [9.17, 15) is 0 Å². The second-order valence-corrected chi connectivity index (χ2v) is 1.84. The number of hydrogen-bond acceptors (Lipinski definition) is 1. The molecule has 0 aromatic heterocycles. The topological polar surface area (TPSA) is 35.0 Å². The average Bonchev–Trinajstić information content (AvgIpc) is 1.90. The largest absolute Gasteiger partial charge is 0.344 e. The molecule has 0 atom stereocenters. The van der Waals surface area contributed by atoms with Gasteiger partial charge in [0.05, 0.1) is 0 Å². The molecule has 0 aliphatic rings. The zero-order valence-corrected chi connectivity index (χ0v) is 8.54. The van der Waals surface area contributed by atoms with Crippen LogP contribution < -0.4 is 6.15 Å². The molecule has 10 heavy (non-hydrogen) atoms. The third kappa shape index (κ3) is 3.85. The van der Waals surface area contributed by atoms with Crippen molar-refractivity contribution in [3.63, 3.8) is 0 Å². The van der Waals surface area contributed by atoms with Crippen LogP contribution in [-0.4, -0.2) is 0 Å². The minimum atomic E-state index is 0. The Labute approximate surface area is 79.4 Å². The monoisotopic (exact) mass is 251 g/mol. The van der Waals surface area contributed by atoms with Gasteiger partial charge in [-0.15, -0.1) is 24.0 Å². The first-order chi connectivity index (χ1) is 3.93. The van der Waals surface area contributed by atoms with Gasteiger partial charge in [-0.1, -0.05) is 37.3 Å². The van der Waals surface area contributed by atoms with Crippen LogP contribution in [0, 0.1) is 0 Å². The molecule has 1 aromatic carbocycles. The molecular weight excluding hydrogens is 237 g/mol. The number of hydrogen-bond donors (Lipinski definition) is 1. The maximum absolute atomic E-state index is 2.16. The minimum Gasteiger partial charge on any atom is -0.344 e. The van der Waals surface area contributed by atoms with Crippen LogP contribution in [0.25, 0.3) is 0 Å². The zero-order valence-electron chi connectivity index (χ0n) is 6.21. The van der Waals surface area contributed by atoms with E-state index in [4.69, 9.17) is 0 Å². The van der Waals surface area contributed by atoms with E-state index < -0.39 is 0 Å². The van der Waals surface area contributed by atoms with Gasteiger partial charge in [0.1, 0.15) is 0 Å². The molecule has 2 heteroatoms. The van der Waals surface area contributed by atoms with Crippen LogP contribution in [0.1, 0.15) is 12.5 Å². The highest BCUT2D eigenvalue weighted by Gasteiger charge is 1.79. The number of rotatable bonds is 1. The van der Waals surface area contributed by atoms with Crippen molar-refractivity contribution >= 4 is 24.0 Å². The minimum absolute atomic E-state index is 0. The smallest absolute Gasteiger partial charge is 0.0307 e. The molecule has 58 valence electrons. The molecule has 0 unspecified atom stereocenters. The first-order valence-electron chi connectivity index (χ1n) is 2.97. The summed E-state index contributed by atoms with van der Waals surface area (Å²) < 4.78 is 0. The molecule has 0 saturated heterocycles. The fourth-order valence-electron chi connectivity index (χ4n) is 0.714. The van der Waals surface area contributed by atoms with Gasteiger partial charge in [-0.3, -0.25) is 0 Å². The summed E-state index contributed by atoms with van der Waals surface area (Å²) in [7, 11) is 0. The van der Waals surface area contributed by atoms with Crippen LogP contribution in [-0.2, 0) is 6.42 Å². The van der Waals surface area contributed by atoms with E-state index in [1.54, 1.807) is 0 Å². The Balaban J connectivity index is 0. The van der Waals surface area contributed by atoms with E-state index in [-0.39, 0.29) is 30.1 Å². The SMILES string of the molecule is CCc1ccccc1.I.N. The molecule has 0 aliphatic heterocycles. The van der Waals surface area contributed by atoms with Crippen molar-refractivity contribution in [3.05, 3.63) is 35.9 Å². The summed E-state index contributed by atoms with van der Waals surface area (Å²) in [4.78, 5) is 0. The molecule has 0 amide bonds. The fourth-order valence-corrected chi connectivity index (χ4v) is 0.714. The maximum Gasteiger partial charge on any atom is -0.0307 e. The predicted octanol–water partition coefficient (Wildman–Crippen LogP) is 3.03. The third-order valence-electron chi connectivity index (χ3n) is 1.25. The van der Waals surface area contributed by atoms with Gasteiger partial charge in [-0.05, 0) is 12.0 Å². The van der Waals surface area contributed by atoms with Crippen LogP contribution in [0.3, 0.4) is 0 Å². The molecule has 0 saturated carbocycles. The van der Waals surface area contributed by atoms with E-state index in [1.807, 2.05) is 6.07 Å². The lowest BCUT2D eigenvalue weighted by molar-refractivity contribution is 1.14. The fraction of sp³-hybridized carbons (Fsp3) is 0.250. The average molecular weight is 251 g/mol. The summed E-state index contributed by atoms with van der Waals surface area (Å²) in [5, 5.41) is 0. The molecule has 0 radical (unpaired) electrons. The number of halogens is 1. The van der Waals surface area contributed by atoms with Crippen molar-refractivity contribution in [2.45, 2.75) is 13.3 Å². The Morgan fingerprint density at radius 2 is 1.60 bits per heavy atom. The lowest BCUT2D eigenvalue weighted by atomic mass is 10.2. The van der Waals surface area contributed by atoms with Crippen LogP contribution >= 0.6 is 24.0 Å². The second-order valence-electron chi connectivity index (χ2n) is 1.84.